The predicted octanol–water partition coefficient (Wildman–Crippen LogP) is 5.60. The van der Waals surface area contributed by atoms with Crippen molar-refractivity contribution in [3.63, 3.8) is 0 Å². The van der Waals surface area contributed by atoms with Crippen molar-refractivity contribution in [1.82, 2.24) is 19.7 Å². The summed E-state index contributed by atoms with van der Waals surface area (Å²) in [4.78, 5) is 10.8. The van der Waals surface area contributed by atoms with Crippen LogP contribution in [0.3, 0.4) is 0 Å². The number of aromatic nitrogens is 4. The third-order valence-corrected chi connectivity index (χ3v) is 6.05. The summed E-state index contributed by atoms with van der Waals surface area (Å²) in [6.45, 7) is 1.61. The molecule has 0 radical (unpaired) electrons. The van der Waals surface area contributed by atoms with Crippen molar-refractivity contribution >= 4 is 22.7 Å². The molecular formula is C25H22F6N6O3. The van der Waals surface area contributed by atoms with Gasteiger partial charge in [0.05, 0.1) is 24.2 Å². The quantitative estimate of drug-likeness (QED) is 0.262. The van der Waals surface area contributed by atoms with Gasteiger partial charge in [0.1, 0.15) is 18.0 Å². The zero-order valence-corrected chi connectivity index (χ0v) is 21.0. The molecule has 3 aromatic heterocycles. The molecule has 1 aliphatic rings. The molecule has 0 saturated heterocycles. The number of anilines is 1. The van der Waals surface area contributed by atoms with E-state index in [0.29, 0.717) is 0 Å². The van der Waals surface area contributed by atoms with Gasteiger partial charge < -0.3 is 24.9 Å². The molecule has 1 unspecified atom stereocenters. The number of amidine groups is 1. The van der Waals surface area contributed by atoms with Gasteiger partial charge in [-0.05, 0) is 26.0 Å². The Morgan fingerprint density at radius 2 is 1.95 bits per heavy atom. The molecule has 0 aliphatic carbocycles. The highest BCUT2D eigenvalue weighted by Crippen LogP contribution is 2.41. The monoisotopic (exact) mass is 568 g/mol. The molecular weight excluding hydrogens is 546 g/mol. The number of nitrogens with one attached hydrogen (secondary N) is 2. The molecule has 9 nitrogen and oxygen atoms in total. The molecule has 40 heavy (non-hydrogen) atoms. The summed E-state index contributed by atoms with van der Waals surface area (Å²) in [7, 11) is 0. The lowest BCUT2D eigenvalue weighted by Gasteiger charge is -2.26. The smallest absolute Gasteiger partial charge is 0.435 e. The second kappa shape index (κ2) is 10.0. The van der Waals surface area contributed by atoms with E-state index in [1.54, 1.807) is 13.8 Å². The summed E-state index contributed by atoms with van der Waals surface area (Å²) in [5, 5.41) is 15.4. The van der Waals surface area contributed by atoms with Crippen molar-refractivity contribution < 1.29 is 40.9 Å². The summed E-state index contributed by atoms with van der Waals surface area (Å²) in [6, 6.07) is 3.35. The number of pyridine rings is 1. The van der Waals surface area contributed by atoms with Crippen LogP contribution in [0.4, 0.5) is 32.0 Å². The van der Waals surface area contributed by atoms with Gasteiger partial charge in [0, 0.05) is 41.8 Å². The number of hydrogen-bond acceptors (Lipinski definition) is 7. The van der Waals surface area contributed by atoms with Crippen LogP contribution in [0, 0.1) is 11.6 Å². The summed E-state index contributed by atoms with van der Waals surface area (Å²) < 4.78 is 96.3. The first kappa shape index (κ1) is 27.3. The van der Waals surface area contributed by atoms with Gasteiger partial charge in [0.25, 0.3) is 6.02 Å². The van der Waals surface area contributed by atoms with Gasteiger partial charge in [0.2, 0.25) is 0 Å². The number of H-pyrrole nitrogens is 1. The molecule has 4 aromatic rings. The summed E-state index contributed by atoms with van der Waals surface area (Å²) >= 11 is 0. The van der Waals surface area contributed by atoms with E-state index in [4.69, 9.17) is 14.6 Å². The van der Waals surface area contributed by atoms with Crippen molar-refractivity contribution in [1.29, 1.82) is 0 Å². The number of nitrogens with zero attached hydrogens (tertiary/aromatic N) is 4. The maximum Gasteiger partial charge on any atom is 0.435 e. The number of alkyl halides is 4. The molecule has 3 N–H and O–H groups in total. The van der Waals surface area contributed by atoms with Gasteiger partial charge >= 0.3 is 6.18 Å². The van der Waals surface area contributed by atoms with E-state index in [9.17, 15) is 17.6 Å². The van der Waals surface area contributed by atoms with Gasteiger partial charge in [-0.1, -0.05) is 0 Å². The molecule has 1 aliphatic heterocycles. The molecule has 0 saturated carbocycles. The van der Waals surface area contributed by atoms with Gasteiger partial charge in [-0.2, -0.15) is 18.3 Å². The molecule has 1 aromatic carbocycles. The number of halogens is 6. The number of fused-ring (bicyclic) bond motifs is 1. The largest absolute Gasteiger partial charge is 0.461 e. The average molecular weight is 568 g/mol. The molecule has 0 amide bonds. The highest BCUT2D eigenvalue weighted by molar-refractivity contribution is 5.97. The summed E-state index contributed by atoms with van der Waals surface area (Å²) in [5.74, 6) is -3.10. The minimum Gasteiger partial charge on any atom is -0.461 e. The minimum absolute atomic E-state index is 0.0758. The molecule has 5 rings (SSSR count). The molecule has 0 bridgehead atoms. The topological polar surface area (TPSA) is 110 Å². The predicted molar refractivity (Wildman–Crippen MR) is 132 cm³/mol. The standard InChI is InChI=1S/C25H22F6N6O3/c1-12(2)37-17(7-19(36-37)25(29,30)31)14-8-33-22-20(14)18(3-4-32-22)40-21-15(26)5-13(6-16(21)27)35-23-34-9-24(28,10-38)11-39-23/h3-8,12,38H,9-11H2,1-2H3,(H,32,33)(H,34,35). The maximum atomic E-state index is 15.0. The van der Waals surface area contributed by atoms with E-state index in [-0.39, 0.29) is 39.7 Å². The Bertz CT molecular complexity index is 1570. The fraction of sp³-hybridized carbons (Fsp3) is 0.320. The second-order valence-corrected chi connectivity index (χ2v) is 9.40. The second-order valence-electron chi connectivity index (χ2n) is 9.40. The Morgan fingerprint density at radius 1 is 1.23 bits per heavy atom. The van der Waals surface area contributed by atoms with Crippen molar-refractivity contribution in [2.45, 2.75) is 31.7 Å². The first-order chi connectivity index (χ1) is 18.9. The van der Waals surface area contributed by atoms with Crippen LogP contribution < -0.4 is 10.1 Å². The first-order valence-corrected chi connectivity index (χ1v) is 11.9. The third kappa shape index (κ3) is 5.15. The lowest BCUT2D eigenvalue weighted by atomic mass is 10.1. The maximum absolute atomic E-state index is 15.0. The van der Waals surface area contributed by atoms with Gasteiger partial charge in [-0.25, -0.2) is 23.1 Å². The van der Waals surface area contributed by atoms with Gasteiger partial charge in [-0.3, -0.25) is 4.68 Å². The number of benzene rings is 1. The molecule has 1 atom stereocenters. The van der Waals surface area contributed by atoms with E-state index < -0.39 is 60.7 Å². The number of aliphatic imine (C=N–C) groups is 1. The Balaban J connectivity index is 1.49. The van der Waals surface area contributed by atoms with Gasteiger partial charge in [-0.15, -0.1) is 0 Å². The number of aliphatic hydroxyl groups excluding tert-OH is 1. The lowest BCUT2D eigenvalue weighted by Crippen LogP contribution is -2.43. The van der Waals surface area contributed by atoms with Crippen LogP contribution >= 0.6 is 0 Å². The van der Waals surface area contributed by atoms with Crippen molar-refractivity contribution in [3.8, 4) is 22.8 Å². The highest BCUT2D eigenvalue weighted by atomic mass is 19.4. The van der Waals surface area contributed by atoms with Crippen LogP contribution in [-0.4, -0.2) is 56.3 Å². The minimum atomic E-state index is -4.69. The van der Waals surface area contributed by atoms with Crippen LogP contribution in [0.1, 0.15) is 25.6 Å². The molecule has 15 heteroatoms. The van der Waals surface area contributed by atoms with Crippen LogP contribution in [0.2, 0.25) is 0 Å². The normalized spacial score (nSPS) is 17.7. The van der Waals surface area contributed by atoms with E-state index in [1.807, 2.05) is 0 Å². The number of aliphatic hydroxyl groups is 1. The molecule has 0 spiro atoms. The Hall–Kier alpha value is -4.27. The van der Waals surface area contributed by atoms with Gasteiger partial charge in [0.15, 0.2) is 28.7 Å². The van der Waals surface area contributed by atoms with Crippen LogP contribution in [0.25, 0.3) is 22.3 Å². The Morgan fingerprint density at radius 3 is 2.55 bits per heavy atom. The third-order valence-electron chi connectivity index (χ3n) is 6.05. The number of aromatic amines is 1. The zero-order valence-electron chi connectivity index (χ0n) is 21.0. The molecule has 4 heterocycles. The van der Waals surface area contributed by atoms with Crippen LogP contribution in [0.15, 0.2) is 41.7 Å². The van der Waals surface area contributed by atoms with Crippen molar-refractivity contribution in [3.05, 3.63) is 54.0 Å². The number of hydrogen-bond donors (Lipinski definition) is 3. The fourth-order valence-electron chi connectivity index (χ4n) is 4.08. The summed E-state index contributed by atoms with van der Waals surface area (Å²) in [6.07, 6.45) is -1.98. The molecule has 212 valence electrons. The van der Waals surface area contributed by atoms with Crippen molar-refractivity contribution in [2.24, 2.45) is 4.99 Å². The molecule has 0 fully saturated rings. The van der Waals surface area contributed by atoms with Crippen LogP contribution in [0.5, 0.6) is 11.5 Å². The number of ether oxygens (including phenoxy) is 2. The van der Waals surface area contributed by atoms with E-state index >= 15 is 8.78 Å². The zero-order chi connectivity index (χ0) is 28.8. The Kier molecular flexibility index (Phi) is 6.85. The van der Waals surface area contributed by atoms with Crippen LogP contribution in [-0.2, 0) is 10.9 Å². The van der Waals surface area contributed by atoms with E-state index in [1.165, 1.54) is 23.1 Å². The average Bonchev–Trinajstić information content (AvgIpc) is 3.53. The van der Waals surface area contributed by atoms with Crippen molar-refractivity contribution in [2.75, 3.05) is 25.1 Å². The highest BCUT2D eigenvalue weighted by Gasteiger charge is 2.36. The lowest BCUT2D eigenvalue weighted by molar-refractivity contribution is -0.141. The van der Waals surface area contributed by atoms with E-state index in [2.05, 4.69) is 25.4 Å². The summed E-state index contributed by atoms with van der Waals surface area (Å²) in [5.41, 5.74) is -2.73. The number of rotatable bonds is 6. The first-order valence-electron chi connectivity index (χ1n) is 11.9. The fourth-order valence-corrected chi connectivity index (χ4v) is 4.08. The SMILES string of the molecule is CC(C)n1nc(C(F)(F)F)cc1-c1c[nH]c2nccc(Oc3c(F)cc(NC4=NCC(F)(CO)CO4)cc3F)c12. The van der Waals surface area contributed by atoms with E-state index in [0.717, 1.165) is 18.2 Å². The Labute approximate surface area is 222 Å².